The zero-order valence-electron chi connectivity index (χ0n) is 28.7. The number of aromatic hydroxyl groups is 1. The molecule has 6 rings (SSSR count). The van der Waals surface area contributed by atoms with Crippen molar-refractivity contribution in [1.82, 2.24) is 0 Å². The maximum atomic E-state index is 14.8. The lowest BCUT2D eigenvalue weighted by Gasteiger charge is -2.71. The highest BCUT2D eigenvalue weighted by molar-refractivity contribution is 7.99. The maximum Gasteiger partial charge on any atom is 0.230 e. The molecule has 1 amide bonds. The van der Waals surface area contributed by atoms with E-state index in [0.717, 1.165) is 57.8 Å². The van der Waals surface area contributed by atoms with Gasteiger partial charge in [-0.1, -0.05) is 71.9 Å². The molecule has 0 radical (unpaired) electrons. The van der Waals surface area contributed by atoms with Gasteiger partial charge in [0, 0.05) is 34.7 Å². The first-order chi connectivity index (χ1) is 22.6. The number of thioether (sulfide) groups is 1. The van der Waals surface area contributed by atoms with Crippen molar-refractivity contribution in [2.75, 3.05) is 5.75 Å². The summed E-state index contributed by atoms with van der Waals surface area (Å²) in [5, 5.41) is 48.9. The Morgan fingerprint density at radius 2 is 1.62 bits per heavy atom. The highest BCUT2D eigenvalue weighted by Gasteiger charge is 2.80. The number of amides is 1. The van der Waals surface area contributed by atoms with Gasteiger partial charge in [-0.25, -0.2) is 0 Å². The molecule has 0 heterocycles. The van der Waals surface area contributed by atoms with Crippen LogP contribution in [0.2, 0.25) is 0 Å². The Morgan fingerprint density at radius 3 is 2.23 bits per heavy atom. The van der Waals surface area contributed by atoms with Crippen LogP contribution in [0.25, 0.3) is 0 Å². The van der Waals surface area contributed by atoms with Crippen molar-refractivity contribution in [2.24, 2.45) is 52.1 Å². The molecule has 10 heteroatoms. The van der Waals surface area contributed by atoms with Crippen LogP contribution < -0.4 is 5.73 Å². The first-order valence-corrected chi connectivity index (χ1v) is 19.1. The fourth-order valence-corrected chi connectivity index (χ4v) is 13.2. The molecular weight excluding hydrogens is 630 g/mol. The lowest BCUT2D eigenvalue weighted by molar-refractivity contribution is -0.292. The van der Waals surface area contributed by atoms with Crippen LogP contribution in [0.5, 0.6) is 5.75 Å². The molecule has 10 atom stereocenters. The summed E-state index contributed by atoms with van der Waals surface area (Å²) in [7, 11) is 0. The lowest BCUT2D eigenvalue weighted by Crippen LogP contribution is -2.82. The zero-order valence-corrected chi connectivity index (χ0v) is 29.5. The Kier molecular flexibility index (Phi) is 9.48. The number of carbonyl (C=O) groups is 4. The van der Waals surface area contributed by atoms with Crippen molar-refractivity contribution in [3.63, 3.8) is 0 Å². The summed E-state index contributed by atoms with van der Waals surface area (Å²) < 4.78 is 0. The second-order valence-electron chi connectivity index (χ2n) is 16.3. The van der Waals surface area contributed by atoms with Crippen LogP contribution in [0.1, 0.15) is 114 Å². The van der Waals surface area contributed by atoms with Crippen LogP contribution in [-0.4, -0.2) is 72.5 Å². The number of phenols is 1. The van der Waals surface area contributed by atoms with Crippen molar-refractivity contribution < 1.29 is 39.6 Å². The molecule has 2 unspecified atom stereocenters. The molecule has 264 valence electrons. The third-order valence-electron chi connectivity index (χ3n) is 13.8. The van der Waals surface area contributed by atoms with Crippen LogP contribution in [-0.2, 0) is 14.4 Å². The molecule has 48 heavy (non-hydrogen) atoms. The summed E-state index contributed by atoms with van der Waals surface area (Å²) in [6.07, 6.45) is 5.19. The molecule has 1 aromatic rings. The second kappa shape index (κ2) is 12.8. The van der Waals surface area contributed by atoms with E-state index in [2.05, 4.69) is 0 Å². The van der Waals surface area contributed by atoms with E-state index in [-0.39, 0.29) is 29.4 Å². The van der Waals surface area contributed by atoms with Crippen LogP contribution in [0.4, 0.5) is 0 Å². The number of Topliss-reactive ketones (excluding diaryl/α,β-unsaturated/α-hetero) is 3. The molecule has 5 aliphatic carbocycles. The topological polar surface area (TPSA) is 175 Å². The Balaban J connectivity index is 1.62. The smallest absolute Gasteiger partial charge is 0.230 e. The predicted octanol–water partition coefficient (Wildman–Crippen LogP) is 4.56. The summed E-state index contributed by atoms with van der Waals surface area (Å²) in [6.45, 7) is 7.27. The van der Waals surface area contributed by atoms with Crippen molar-refractivity contribution in [3.05, 3.63) is 29.3 Å². The number of rotatable bonds is 8. The minimum absolute atomic E-state index is 0.00235. The standard InChI is InChI=1S/C38H53NO8S/c1-19(2)29-32(43)28(35(39)46)33(44)38(47)34(45)30-31(42)27-22(15-10-16-24(27)40)23(18-48-21-13-8-9-14-21)36(30,3)26(37(29,38)4)17-25(41)20-11-6-5-7-12-20/h10,15-16,19-21,23,26,28-30,32,34,40,43,45,47H,5-9,11-14,17-18H2,1-4H3,(H2,39,46)/t23-,26-,28-,29+,30-,32?,34?,36-,37-,38+/m1/s1. The van der Waals surface area contributed by atoms with Gasteiger partial charge in [-0.05, 0) is 60.5 Å². The number of carbonyl (C=O) groups excluding carboxylic acids is 4. The van der Waals surface area contributed by atoms with Gasteiger partial charge in [0.15, 0.2) is 17.2 Å². The second-order valence-corrected chi connectivity index (χ2v) is 17.6. The van der Waals surface area contributed by atoms with Gasteiger partial charge in [0.2, 0.25) is 5.91 Å². The number of aliphatic hydroxyl groups excluding tert-OH is 2. The van der Waals surface area contributed by atoms with E-state index in [1.165, 1.54) is 6.07 Å². The average molecular weight is 684 g/mol. The Morgan fingerprint density at radius 1 is 1.00 bits per heavy atom. The van der Waals surface area contributed by atoms with Crippen molar-refractivity contribution in [1.29, 1.82) is 0 Å². The van der Waals surface area contributed by atoms with Gasteiger partial charge in [-0.15, -0.1) is 0 Å². The first kappa shape index (κ1) is 35.6. The summed E-state index contributed by atoms with van der Waals surface area (Å²) >= 11 is 1.81. The fraction of sp³-hybridized carbons (Fsp3) is 0.737. The van der Waals surface area contributed by atoms with Crippen LogP contribution in [0.3, 0.4) is 0 Å². The third kappa shape index (κ3) is 4.97. The summed E-state index contributed by atoms with van der Waals surface area (Å²) in [5.74, 6) is -8.55. The van der Waals surface area contributed by atoms with E-state index < -0.39 is 81.6 Å². The van der Waals surface area contributed by atoms with Crippen molar-refractivity contribution >= 4 is 35.0 Å². The Labute approximate surface area is 287 Å². The van der Waals surface area contributed by atoms with Crippen LogP contribution in [0, 0.1) is 46.3 Å². The molecule has 6 N–H and O–H groups in total. The van der Waals surface area contributed by atoms with Crippen molar-refractivity contribution in [2.45, 2.75) is 121 Å². The third-order valence-corrected chi connectivity index (χ3v) is 15.3. The summed E-state index contributed by atoms with van der Waals surface area (Å²) in [5.41, 5.74) is 0.910. The maximum absolute atomic E-state index is 14.8. The molecule has 0 saturated heterocycles. The minimum Gasteiger partial charge on any atom is -0.507 e. The summed E-state index contributed by atoms with van der Waals surface area (Å²) in [6, 6.07) is 4.98. The quantitative estimate of drug-likeness (QED) is 0.246. The number of nitrogens with two attached hydrogens (primary N) is 1. The zero-order chi connectivity index (χ0) is 34.9. The molecule has 0 bridgehead atoms. The van der Waals surface area contributed by atoms with Crippen LogP contribution >= 0.6 is 11.8 Å². The molecule has 4 fully saturated rings. The minimum atomic E-state index is -2.69. The van der Waals surface area contributed by atoms with Crippen molar-refractivity contribution in [3.8, 4) is 5.75 Å². The summed E-state index contributed by atoms with van der Waals surface area (Å²) in [4.78, 5) is 56.6. The van der Waals surface area contributed by atoms with Gasteiger partial charge in [0.05, 0.1) is 17.6 Å². The van der Waals surface area contributed by atoms with Gasteiger partial charge in [-0.2, -0.15) is 11.8 Å². The van der Waals surface area contributed by atoms with E-state index in [1.807, 2.05) is 26.8 Å². The number of phenolic OH excluding ortho intramolecular Hbond substituents is 1. The van der Waals surface area contributed by atoms with E-state index in [1.54, 1.807) is 24.8 Å². The van der Waals surface area contributed by atoms with E-state index in [4.69, 9.17) is 5.73 Å². The molecule has 0 aromatic heterocycles. The normalized spacial score (nSPS) is 40.4. The first-order valence-electron chi connectivity index (χ1n) is 18.1. The van der Waals surface area contributed by atoms with Gasteiger partial charge in [-0.3, -0.25) is 19.2 Å². The molecule has 0 aliphatic heterocycles. The molecule has 0 spiro atoms. The average Bonchev–Trinajstić information content (AvgIpc) is 3.55. The number of ketones is 3. The van der Waals surface area contributed by atoms with E-state index in [9.17, 15) is 39.6 Å². The van der Waals surface area contributed by atoms with E-state index in [0.29, 0.717) is 16.6 Å². The number of benzene rings is 1. The SMILES string of the molecule is CC(C)[C@H]1C(O)[C@@H](C(N)=O)C(=O)[C@]2(O)C(O)[C@H]3C(=O)c4c(O)cccc4[C@@H](CSC4CCCC4)[C@]3(C)[C@@H](CC(=O)C3CCCCC3)[C@]12C. The highest BCUT2D eigenvalue weighted by atomic mass is 32.2. The largest absolute Gasteiger partial charge is 0.507 e. The number of hydrogen-bond donors (Lipinski definition) is 5. The molecule has 4 saturated carbocycles. The van der Waals surface area contributed by atoms with Gasteiger partial charge in [0.25, 0.3) is 0 Å². The van der Waals surface area contributed by atoms with Crippen LogP contribution in [0.15, 0.2) is 18.2 Å². The predicted molar refractivity (Wildman–Crippen MR) is 182 cm³/mol. The molecular formula is C38H53NO8S. The molecule has 5 aliphatic rings. The Bertz CT molecular complexity index is 1470. The van der Waals surface area contributed by atoms with E-state index >= 15 is 0 Å². The number of aliphatic hydroxyl groups is 3. The molecule has 1 aromatic carbocycles. The number of primary amides is 1. The monoisotopic (exact) mass is 683 g/mol. The van der Waals surface area contributed by atoms with Gasteiger partial charge in [0.1, 0.15) is 23.6 Å². The molecule has 9 nitrogen and oxygen atoms in total. The lowest BCUT2D eigenvalue weighted by atomic mass is 9.33. The van der Waals surface area contributed by atoms with Gasteiger partial charge >= 0.3 is 0 Å². The number of hydrogen-bond acceptors (Lipinski definition) is 9. The number of fused-ring (bicyclic) bond motifs is 3. The van der Waals surface area contributed by atoms with Gasteiger partial charge < -0.3 is 26.2 Å². The fourth-order valence-electron chi connectivity index (χ4n) is 11.5. The highest BCUT2D eigenvalue weighted by Crippen LogP contribution is 2.72. The Hall–Kier alpha value is -2.27.